The third-order valence-corrected chi connectivity index (χ3v) is 4.14. The van der Waals surface area contributed by atoms with Crippen LogP contribution in [0.4, 0.5) is 0 Å². The number of fused-ring (bicyclic) bond motifs is 2. The van der Waals surface area contributed by atoms with E-state index in [4.69, 9.17) is 18.9 Å². The third kappa shape index (κ3) is 1.79. The normalized spacial score (nSPS) is 28.3. The predicted octanol–water partition coefficient (Wildman–Crippen LogP) is 0.232. The first-order valence-electron chi connectivity index (χ1n) is 6.45. The van der Waals surface area contributed by atoms with Crippen molar-refractivity contribution in [1.82, 2.24) is 0 Å². The summed E-state index contributed by atoms with van der Waals surface area (Å²) in [6, 6.07) is 0. The van der Waals surface area contributed by atoms with Crippen molar-refractivity contribution in [3.05, 3.63) is 22.3 Å². The van der Waals surface area contributed by atoms with Crippen molar-refractivity contribution in [3.8, 4) is 0 Å². The van der Waals surface area contributed by atoms with Gasteiger partial charge in [0.2, 0.25) is 0 Å². The van der Waals surface area contributed by atoms with Crippen LogP contribution in [0.1, 0.15) is 0 Å². The fourth-order valence-electron chi connectivity index (χ4n) is 3.21. The molecule has 1 fully saturated rings. The van der Waals surface area contributed by atoms with Crippen molar-refractivity contribution < 1.29 is 28.5 Å². The van der Waals surface area contributed by atoms with Crippen LogP contribution in [0.3, 0.4) is 0 Å². The highest BCUT2D eigenvalue weighted by molar-refractivity contribution is 5.99. The van der Waals surface area contributed by atoms with Gasteiger partial charge in [-0.25, -0.2) is 4.79 Å². The molecule has 0 amide bonds. The van der Waals surface area contributed by atoms with Gasteiger partial charge in [0.25, 0.3) is 0 Å². The Hall–Kier alpha value is -1.66. The molecule has 6 nitrogen and oxygen atoms in total. The van der Waals surface area contributed by atoms with E-state index in [0.717, 1.165) is 16.7 Å². The molecule has 1 saturated heterocycles. The van der Waals surface area contributed by atoms with Crippen molar-refractivity contribution in [2.75, 3.05) is 40.6 Å². The van der Waals surface area contributed by atoms with E-state index in [-0.39, 0.29) is 5.92 Å². The van der Waals surface area contributed by atoms with Gasteiger partial charge in [0.1, 0.15) is 5.92 Å². The molecule has 2 unspecified atom stereocenters. The van der Waals surface area contributed by atoms with Crippen LogP contribution in [-0.2, 0) is 28.5 Å². The molecule has 0 aromatic heterocycles. The van der Waals surface area contributed by atoms with Crippen LogP contribution in [0, 0.1) is 11.8 Å². The van der Waals surface area contributed by atoms with Crippen LogP contribution in [0.2, 0.25) is 0 Å². The molecule has 2 heterocycles. The van der Waals surface area contributed by atoms with Gasteiger partial charge in [-0.2, -0.15) is 0 Å². The number of carbonyl (C=O) groups excluding carboxylic acids is 2. The smallest absolute Gasteiger partial charge is 0.335 e. The average Bonchev–Trinajstić information content (AvgIpc) is 3.11. The lowest BCUT2D eigenvalue weighted by Gasteiger charge is -2.28. The number of rotatable bonds is 2. The second-order valence-corrected chi connectivity index (χ2v) is 5.00. The Kier molecular flexibility index (Phi) is 3.35. The molecule has 3 rings (SSSR count). The highest BCUT2D eigenvalue weighted by Crippen LogP contribution is 2.45. The molecule has 0 aromatic carbocycles. The van der Waals surface area contributed by atoms with Gasteiger partial charge >= 0.3 is 11.9 Å². The Morgan fingerprint density at radius 1 is 1.00 bits per heavy atom. The van der Waals surface area contributed by atoms with E-state index < -0.39 is 17.9 Å². The van der Waals surface area contributed by atoms with Gasteiger partial charge in [0.05, 0.1) is 46.2 Å². The Labute approximate surface area is 116 Å². The summed E-state index contributed by atoms with van der Waals surface area (Å²) < 4.78 is 20.7. The maximum atomic E-state index is 12.1. The highest BCUT2D eigenvalue weighted by Gasteiger charge is 2.47. The molecule has 0 spiro atoms. The van der Waals surface area contributed by atoms with Gasteiger partial charge in [-0.1, -0.05) is 0 Å². The Bertz CT molecular complexity index is 530. The van der Waals surface area contributed by atoms with E-state index >= 15 is 0 Å². The SMILES string of the molecule is COC(=O)C1=C2COCC2C2=C(COC2)C1C(=O)OC. The zero-order valence-corrected chi connectivity index (χ0v) is 11.4. The second kappa shape index (κ2) is 5.03. The first-order chi connectivity index (χ1) is 9.69. The predicted molar refractivity (Wildman–Crippen MR) is 66.7 cm³/mol. The van der Waals surface area contributed by atoms with Gasteiger partial charge in [0, 0.05) is 5.92 Å². The molecule has 2 atom stereocenters. The molecule has 0 radical (unpaired) electrons. The number of esters is 2. The Morgan fingerprint density at radius 3 is 2.40 bits per heavy atom. The fraction of sp³-hybridized carbons (Fsp3) is 0.571. The minimum absolute atomic E-state index is 0.0301. The van der Waals surface area contributed by atoms with Crippen molar-refractivity contribution in [2.45, 2.75) is 0 Å². The molecule has 0 bridgehead atoms. The summed E-state index contributed by atoms with van der Waals surface area (Å²) in [6.45, 7) is 1.69. The van der Waals surface area contributed by atoms with Crippen molar-refractivity contribution in [2.24, 2.45) is 11.8 Å². The van der Waals surface area contributed by atoms with E-state index in [1.54, 1.807) is 0 Å². The van der Waals surface area contributed by atoms with Crippen LogP contribution in [0.15, 0.2) is 22.3 Å². The lowest BCUT2D eigenvalue weighted by Crippen LogP contribution is -2.33. The van der Waals surface area contributed by atoms with Gasteiger partial charge in [-0.3, -0.25) is 4.79 Å². The van der Waals surface area contributed by atoms with Crippen molar-refractivity contribution in [3.63, 3.8) is 0 Å². The maximum absolute atomic E-state index is 12.1. The first-order valence-corrected chi connectivity index (χ1v) is 6.45. The standard InChI is InChI=1S/C14H16O6/c1-17-13(15)11-9-5-19-3-7(9)8-4-20-6-10(8)12(11)14(16)18-2/h7,12H,3-6H2,1-2H3. The number of carbonyl (C=O) groups is 2. The van der Waals surface area contributed by atoms with Gasteiger partial charge in [-0.15, -0.1) is 0 Å². The third-order valence-electron chi connectivity index (χ3n) is 4.14. The summed E-state index contributed by atoms with van der Waals surface area (Å²) in [7, 11) is 2.62. The summed E-state index contributed by atoms with van der Waals surface area (Å²) in [5.41, 5.74) is 3.08. The molecule has 3 aliphatic rings. The summed E-state index contributed by atoms with van der Waals surface area (Å²) in [4.78, 5) is 24.3. The van der Waals surface area contributed by atoms with Gasteiger partial charge in [0.15, 0.2) is 0 Å². The van der Waals surface area contributed by atoms with Crippen LogP contribution in [0.5, 0.6) is 0 Å². The van der Waals surface area contributed by atoms with E-state index in [9.17, 15) is 9.59 Å². The lowest BCUT2D eigenvalue weighted by molar-refractivity contribution is -0.146. The molecule has 108 valence electrons. The highest BCUT2D eigenvalue weighted by atomic mass is 16.5. The molecule has 0 aromatic rings. The largest absolute Gasteiger partial charge is 0.468 e. The molecule has 0 saturated carbocycles. The summed E-state index contributed by atoms with van der Waals surface area (Å²) in [6.07, 6.45) is 0. The molecule has 0 N–H and O–H groups in total. The summed E-state index contributed by atoms with van der Waals surface area (Å²) in [5, 5.41) is 0. The molecule has 6 heteroatoms. The first kappa shape index (κ1) is 13.3. The van der Waals surface area contributed by atoms with Crippen molar-refractivity contribution >= 4 is 11.9 Å². The molecule has 2 aliphatic heterocycles. The van der Waals surface area contributed by atoms with Crippen LogP contribution in [0.25, 0.3) is 0 Å². The molecule has 1 aliphatic carbocycles. The number of ether oxygens (including phenoxy) is 4. The van der Waals surface area contributed by atoms with E-state index in [1.165, 1.54) is 14.2 Å². The number of methoxy groups -OCH3 is 2. The van der Waals surface area contributed by atoms with Gasteiger partial charge < -0.3 is 18.9 Å². The van der Waals surface area contributed by atoms with Gasteiger partial charge in [-0.05, 0) is 16.7 Å². The number of hydrogen-bond donors (Lipinski definition) is 0. The summed E-state index contributed by atoms with van der Waals surface area (Å²) >= 11 is 0. The molecule has 20 heavy (non-hydrogen) atoms. The van der Waals surface area contributed by atoms with E-state index in [2.05, 4.69) is 0 Å². The maximum Gasteiger partial charge on any atom is 0.335 e. The zero-order valence-electron chi connectivity index (χ0n) is 11.4. The Morgan fingerprint density at radius 2 is 1.70 bits per heavy atom. The average molecular weight is 280 g/mol. The number of hydrogen-bond acceptors (Lipinski definition) is 6. The second-order valence-electron chi connectivity index (χ2n) is 5.00. The van der Waals surface area contributed by atoms with Crippen LogP contribution < -0.4 is 0 Å². The lowest BCUT2D eigenvalue weighted by atomic mass is 9.74. The van der Waals surface area contributed by atoms with E-state index in [1.807, 2.05) is 0 Å². The fourth-order valence-corrected chi connectivity index (χ4v) is 3.21. The quantitative estimate of drug-likeness (QED) is 0.533. The minimum atomic E-state index is -0.724. The van der Waals surface area contributed by atoms with E-state index in [0.29, 0.717) is 32.0 Å². The molecular weight excluding hydrogens is 264 g/mol. The molecular formula is C14H16O6. The van der Waals surface area contributed by atoms with Crippen LogP contribution in [-0.4, -0.2) is 52.6 Å². The van der Waals surface area contributed by atoms with Crippen molar-refractivity contribution in [1.29, 1.82) is 0 Å². The topological polar surface area (TPSA) is 71.1 Å². The zero-order chi connectivity index (χ0) is 14.3. The van der Waals surface area contributed by atoms with Crippen LogP contribution >= 0.6 is 0 Å². The Balaban J connectivity index is 2.13. The monoisotopic (exact) mass is 280 g/mol. The summed E-state index contributed by atoms with van der Waals surface area (Å²) in [5.74, 6) is -1.65. The minimum Gasteiger partial charge on any atom is -0.468 e.